The second-order valence-corrected chi connectivity index (χ2v) is 6.98. The first-order chi connectivity index (χ1) is 8.58. The number of thiazole rings is 1. The van der Waals surface area contributed by atoms with Gasteiger partial charge in [-0.25, -0.2) is 4.98 Å². The summed E-state index contributed by atoms with van der Waals surface area (Å²) in [5.41, 5.74) is 3.10. The minimum Gasteiger partial charge on any atom is -0.393 e. The van der Waals surface area contributed by atoms with Crippen molar-refractivity contribution in [2.75, 3.05) is 0 Å². The van der Waals surface area contributed by atoms with E-state index in [1.807, 2.05) is 5.51 Å². The van der Waals surface area contributed by atoms with Crippen LogP contribution in [0.1, 0.15) is 50.1 Å². The molecule has 1 fully saturated rings. The van der Waals surface area contributed by atoms with Crippen LogP contribution in [0.2, 0.25) is 0 Å². The molecule has 1 saturated carbocycles. The van der Waals surface area contributed by atoms with Gasteiger partial charge in [-0.2, -0.15) is 0 Å². The van der Waals surface area contributed by atoms with Gasteiger partial charge in [-0.1, -0.05) is 13.8 Å². The molecule has 3 unspecified atom stereocenters. The molecule has 1 aliphatic rings. The topological polar surface area (TPSA) is 33.1 Å². The lowest BCUT2D eigenvalue weighted by Crippen LogP contribution is -2.31. The lowest BCUT2D eigenvalue weighted by atomic mass is 9.73. The molecule has 18 heavy (non-hydrogen) atoms. The summed E-state index contributed by atoms with van der Waals surface area (Å²) in [5.74, 6) is 2.05. The van der Waals surface area contributed by atoms with Gasteiger partial charge < -0.3 is 5.11 Å². The van der Waals surface area contributed by atoms with Crippen molar-refractivity contribution >= 4 is 11.3 Å². The van der Waals surface area contributed by atoms with Gasteiger partial charge in [0, 0.05) is 4.88 Å². The molecule has 0 aliphatic heterocycles. The third-order valence-corrected chi connectivity index (χ3v) is 5.51. The zero-order chi connectivity index (χ0) is 13.1. The first-order valence-electron chi connectivity index (χ1n) is 7.15. The highest BCUT2D eigenvalue weighted by Gasteiger charge is 2.30. The second-order valence-electron chi connectivity index (χ2n) is 6.04. The molecule has 2 nitrogen and oxygen atoms in total. The number of aromatic nitrogens is 1. The quantitative estimate of drug-likeness (QED) is 0.899. The zero-order valence-electron chi connectivity index (χ0n) is 11.7. The standard InChI is InChI=1S/C15H25NOS/c1-10(2)12-4-6-14(17)13(8-12)5-7-15-11(3)16-9-18-15/h9-10,12-14,17H,4-8H2,1-3H3. The Morgan fingerprint density at radius 3 is 2.83 bits per heavy atom. The molecule has 0 spiro atoms. The van der Waals surface area contributed by atoms with Crippen LogP contribution in [-0.2, 0) is 6.42 Å². The summed E-state index contributed by atoms with van der Waals surface area (Å²) in [4.78, 5) is 5.70. The van der Waals surface area contributed by atoms with Crippen molar-refractivity contribution in [1.29, 1.82) is 0 Å². The lowest BCUT2D eigenvalue weighted by Gasteiger charge is -2.35. The molecule has 3 atom stereocenters. The highest BCUT2D eigenvalue weighted by Crippen LogP contribution is 2.36. The Balaban J connectivity index is 1.89. The number of hydrogen-bond donors (Lipinski definition) is 1. The maximum atomic E-state index is 10.2. The Morgan fingerprint density at radius 2 is 2.22 bits per heavy atom. The highest BCUT2D eigenvalue weighted by atomic mass is 32.1. The van der Waals surface area contributed by atoms with Gasteiger partial charge in [0.1, 0.15) is 0 Å². The number of nitrogens with zero attached hydrogens (tertiary/aromatic N) is 1. The highest BCUT2D eigenvalue weighted by molar-refractivity contribution is 7.09. The summed E-state index contributed by atoms with van der Waals surface area (Å²) in [6.07, 6.45) is 5.53. The number of aryl methyl sites for hydroxylation is 2. The van der Waals surface area contributed by atoms with Crippen LogP contribution in [0.15, 0.2) is 5.51 Å². The predicted molar refractivity (Wildman–Crippen MR) is 76.8 cm³/mol. The third-order valence-electron chi connectivity index (χ3n) is 4.51. The molecule has 1 heterocycles. The number of aliphatic hydroxyl groups is 1. The van der Waals surface area contributed by atoms with Gasteiger partial charge in [0.25, 0.3) is 0 Å². The molecule has 1 N–H and O–H groups in total. The Hall–Kier alpha value is -0.410. The Bertz CT molecular complexity index is 374. The van der Waals surface area contributed by atoms with Crippen molar-refractivity contribution in [2.24, 2.45) is 17.8 Å². The zero-order valence-corrected chi connectivity index (χ0v) is 12.5. The molecule has 0 saturated heterocycles. The van der Waals surface area contributed by atoms with Crippen LogP contribution >= 0.6 is 11.3 Å². The first kappa shape index (κ1) is 14.0. The molecule has 2 rings (SSSR count). The smallest absolute Gasteiger partial charge is 0.0797 e. The van der Waals surface area contributed by atoms with Gasteiger partial charge >= 0.3 is 0 Å². The van der Waals surface area contributed by atoms with E-state index >= 15 is 0 Å². The SMILES string of the molecule is Cc1ncsc1CCC1CC(C(C)C)CCC1O. The first-order valence-corrected chi connectivity index (χ1v) is 8.03. The van der Waals surface area contributed by atoms with E-state index in [-0.39, 0.29) is 6.10 Å². The van der Waals surface area contributed by atoms with Crippen LogP contribution in [0, 0.1) is 24.7 Å². The molecule has 0 radical (unpaired) electrons. The maximum Gasteiger partial charge on any atom is 0.0797 e. The van der Waals surface area contributed by atoms with E-state index in [4.69, 9.17) is 0 Å². The molecule has 0 aromatic carbocycles. The molecule has 0 amide bonds. The maximum absolute atomic E-state index is 10.2. The largest absolute Gasteiger partial charge is 0.393 e. The van der Waals surface area contributed by atoms with Crippen LogP contribution in [0.5, 0.6) is 0 Å². The molecule has 1 aliphatic carbocycles. The fourth-order valence-electron chi connectivity index (χ4n) is 3.08. The van der Waals surface area contributed by atoms with E-state index in [0.717, 1.165) is 31.1 Å². The van der Waals surface area contributed by atoms with E-state index in [2.05, 4.69) is 25.8 Å². The summed E-state index contributed by atoms with van der Waals surface area (Å²) < 4.78 is 0. The van der Waals surface area contributed by atoms with Crippen LogP contribution < -0.4 is 0 Å². The van der Waals surface area contributed by atoms with E-state index in [0.29, 0.717) is 5.92 Å². The molecular weight excluding hydrogens is 242 g/mol. The third kappa shape index (κ3) is 3.33. The Morgan fingerprint density at radius 1 is 1.44 bits per heavy atom. The average molecular weight is 267 g/mol. The van der Waals surface area contributed by atoms with Crippen molar-refractivity contribution in [3.63, 3.8) is 0 Å². The van der Waals surface area contributed by atoms with Crippen molar-refractivity contribution in [3.8, 4) is 0 Å². The van der Waals surface area contributed by atoms with E-state index < -0.39 is 0 Å². The van der Waals surface area contributed by atoms with Gasteiger partial charge in [-0.3, -0.25) is 0 Å². The fraction of sp³-hybridized carbons (Fsp3) is 0.800. The minimum atomic E-state index is -0.0757. The lowest BCUT2D eigenvalue weighted by molar-refractivity contribution is 0.0338. The normalized spacial score (nSPS) is 28.8. The molecule has 0 bridgehead atoms. The summed E-state index contributed by atoms with van der Waals surface area (Å²) in [7, 11) is 0. The molecule has 1 aromatic heterocycles. The Kier molecular flexibility index (Phi) is 4.79. The van der Waals surface area contributed by atoms with Crippen molar-refractivity contribution in [1.82, 2.24) is 4.98 Å². The van der Waals surface area contributed by atoms with Crippen molar-refractivity contribution in [3.05, 3.63) is 16.1 Å². The van der Waals surface area contributed by atoms with Gasteiger partial charge in [0.05, 0.1) is 17.3 Å². The van der Waals surface area contributed by atoms with E-state index in [1.54, 1.807) is 11.3 Å². The van der Waals surface area contributed by atoms with Crippen LogP contribution in [0.25, 0.3) is 0 Å². The Labute approximate surface area is 114 Å². The summed E-state index contributed by atoms with van der Waals surface area (Å²) >= 11 is 1.75. The molecule has 3 heteroatoms. The molecule has 102 valence electrons. The molecular formula is C15H25NOS. The van der Waals surface area contributed by atoms with Crippen molar-refractivity contribution in [2.45, 2.75) is 59.0 Å². The van der Waals surface area contributed by atoms with Gasteiger partial charge in [-0.15, -0.1) is 11.3 Å². The summed E-state index contributed by atoms with van der Waals surface area (Å²) in [6.45, 7) is 6.71. The van der Waals surface area contributed by atoms with Gasteiger partial charge in [0.2, 0.25) is 0 Å². The van der Waals surface area contributed by atoms with Crippen LogP contribution in [-0.4, -0.2) is 16.2 Å². The molecule has 1 aromatic rings. The van der Waals surface area contributed by atoms with E-state index in [1.165, 1.54) is 23.4 Å². The second kappa shape index (κ2) is 6.16. The van der Waals surface area contributed by atoms with Gasteiger partial charge in [-0.05, 0) is 56.8 Å². The number of hydrogen-bond acceptors (Lipinski definition) is 3. The van der Waals surface area contributed by atoms with Crippen LogP contribution in [0.3, 0.4) is 0 Å². The van der Waals surface area contributed by atoms with Crippen LogP contribution in [0.4, 0.5) is 0 Å². The summed E-state index contributed by atoms with van der Waals surface area (Å²) in [6, 6.07) is 0. The predicted octanol–water partition coefficient (Wildman–Crippen LogP) is 3.82. The summed E-state index contributed by atoms with van der Waals surface area (Å²) in [5, 5.41) is 10.2. The monoisotopic (exact) mass is 267 g/mol. The average Bonchev–Trinajstić information content (AvgIpc) is 2.73. The van der Waals surface area contributed by atoms with E-state index in [9.17, 15) is 5.11 Å². The van der Waals surface area contributed by atoms with Crippen molar-refractivity contribution < 1.29 is 5.11 Å². The fourth-order valence-corrected chi connectivity index (χ4v) is 3.88. The van der Waals surface area contributed by atoms with Gasteiger partial charge in [0.15, 0.2) is 0 Å². The number of aliphatic hydroxyl groups excluding tert-OH is 1. The minimum absolute atomic E-state index is 0.0757. The number of rotatable bonds is 4.